The van der Waals surface area contributed by atoms with E-state index in [1.54, 1.807) is 0 Å². The molecule has 2 heteroatoms. The van der Waals surface area contributed by atoms with Crippen LogP contribution in [0.2, 0.25) is 0 Å². The molecule has 0 radical (unpaired) electrons. The van der Waals surface area contributed by atoms with Gasteiger partial charge in [0.05, 0.1) is 0 Å². The molecule has 0 amide bonds. The highest BCUT2D eigenvalue weighted by atomic mass is 15.2. The van der Waals surface area contributed by atoms with E-state index in [0.29, 0.717) is 6.04 Å². The Bertz CT molecular complexity index is 375. The fourth-order valence-corrected chi connectivity index (χ4v) is 3.18. The third-order valence-corrected chi connectivity index (χ3v) is 4.64. The summed E-state index contributed by atoms with van der Waals surface area (Å²) in [4.78, 5) is 2.57. The second kappa shape index (κ2) is 6.53. The molecule has 2 N–H and O–H groups in total. The van der Waals surface area contributed by atoms with Crippen molar-refractivity contribution in [2.75, 3.05) is 19.6 Å². The summed E-state index contributed by atoms with van der Waals surface area (Å²) in [5.74, 6) is 1.71. The van der Waals surface area contributed by atoms with Crippen LogP contribution in [0.3, 0.4) is 0 Å². The Kier molecular flexibility index (Phi) is 5.00. The summed E-state index contributed by atoms with van der Waals surface area (Å²) in [6.45, 7) is 9.93. The SMILES string of the molecule is Cc1ccc(C(CN)N2CCC(C(C)C)CC2)cc1. The molecule has 2 rings (SSSR count). The van der Waals surface area contributed by atoms with E-state index in [1.807, 2.05) is 0 Å². The molecule has 0 aromatic heterocycles. The van der Waals surface area contributed by atoms with Crippen LogP contribution in [0.5, 0.6) is 0 Å². The van der Waals surface area contributed by atoms with Gasteiger partial charge in [-0.3, -0.25) is 4.90 Å². The van der Waals surface area contributed by atoms with Crippen LogP contribution in [0.1, 0.15) is 43.9 Å². The quantitative estimate of drug-likeness (QED) is 0.899. The molecule has 1 heterocycles. The maximum absolute atomic E-state index is 6.03. The molecular formula is C17H28N2. The van der Waals surface area contributed by atoms with Crippen molar-refractivity contribution in [2.24, 2.45) is 17.6 Å². The first-order valence-electron chi connectivity index (χ1n) is 7.62. The highest BCUT2D eigenvalue weighted by Crippen LogP contribution is 2.29. The molecule has 1 atom stereocenters. The number of rotatable bonds is 4. The fraction of sp³-hybridized carbons (Fsp3) is 0.647. The lowest BCUT2D eigenvalue weighted by molar-refractivity contribution is 0.117. The number of hydrogen-bond acceptors (Lipinski definition) is 2. The molecule has 0 aliphatic carbocycles. The van der Waals surface area contributed by atoms with Crippen molar-refractivity contribution in [3.8, 4) is 0 Å². The van der Waals surface area contributed by atoms with Crippen LogP contribution < -0.4 is 5.73 Å². The average Bonchev–Trinajstić information content (AvgIpc) is 2.42. The van der Waals surface area contributed by atoms with E-state index in [0.717, 1.165) is 18.4 Å². The van der Waals surface area contributed by atoms with Crippen molar-refractivity contribution in [3.63, 3.8) is 0 Å². The number of benzene rings is 1. The number of likely N-dealkylation sites (tertiary alicyclic amines) is 1. The summed E-state index contributed by atoms with van der Waals surface area (Å²) in [6.07, 6.45) is 2.64. The Hall–Kier alpha value is -0.860. The Morgan fingerprint density at radius 1 is 1.16 bits per heavy atom. The maximum atomic E-state index is 6.03. The molecule has 19 heavy (non-hydrogen) atoms. The Morgan fingerprint density at radius 2 is 1.74 bits per heavy atom. The molecule has 1 fully saturated rings. The molecule has 1 saturated heterocycles. The molecule has 1 aromatic rings. The standard InChI is InChI=1S/C17H28N2/c1-13(2)15-8-10-19(11-9-15)17(12-18)16-6-4-14(3)5-7-16/h4-7,13,15,17H,8-12,18H2,1-3H3. The predicted molar refractivity (Wildman–Crippen MR) is 82.1 cm³/mol. The van der Waals surface area contributed by atoms with Gasteiger partial charge in [-0.25, -0.2) is 0 Å². The van der Waals surface area contributed by atoms with Gasteiger partial charge in [-0.2, -0.15) is 0 Å². The van der Waals surface area contributed by atoms with E-state index >= 15 is 0 Å². The van der Waals surface area contributed by atoms with Gasteiger partial charge in [0.1, 0.15) is 0 Å². The molecule has 1 unspecified atom stereocenters. The first-order valence-corrected chi connectivity index (χ1v) is 7.62. The average molecular weight is 260 g/mol. The van der Waals surface area contributed by atoms with Gasteiger partial charge in [-0.05, 0) is 50.3 Å². The predicted octanol–water partition coefficient (Wildman–Crippen LogP) is 3.36. The monoisotopic (exact) mass is 260 g/mol. The number of nitrogens with two attached hydrogens (primary N) is 1. The van der Waals surface area contributed by atoms with E-state index in [2.05, 4.69) is 49.9 Å². The highest BCUT2D eigenvalue weighted by molar-refractivity contribution is 5.24. The Labute approximate surface area is 118 Å². The molecular weight excluding hydrogens is 232 g/mol. The summed E-state index contributed by atoms with van der Waals surface area (Å²) in [5.41, 5.74) is 8.72. The summed E-state index contributed by atoms with van der Waals surface area (Å²) in [6, 6.07) is 9.26. The van der Waals surface area contributed by atoms with E-state index in [-0.39, 0.29) is 0 Å². The number of nitrogens with zero attached hydrogens (tertiary/aromatic N) is 1. The van der Waals surface area contributed by atoms with Crippen LogP contribution in [0.25, 0.3) is 0 Å². The minimum absolute atomic E-state index is 0.397. The fourth-order valence-electron chi connectivity index (χ4n) is 3.18. The van der Waals surface area contributed by atoms with Gasteiger partial charge in [0, 0.05) is 12.6 Å². The molecule has 0 saturated carbocycles. The second-order valence-electron chi connectivity index (χ2n) is 6.28. The summed E-state index contributed by atoms with van der Waals surface area (Å²) < 4.78 is 0. The lowest BCUT2D eigenvalue weighted by Crippen LogP contribution is -2.40. The van der Waals surface area contributed by atoms with Gasteiger partial charge in [0.15, 0.2) is 0 Å². The topological polar surface area (TPSA) is 29.3 Å². The maximum Gasteiger partial charge on any atom is 0.0470 e. The zero-order valence-electron chi connectivity index (χ0n) is 12.6. The largest absolute Gasteiger partial charge is 0.329 e. The van der Waals surface area contributed by atoms with Crippen LogP contribution >= 0.6 is 0 Å². The van der Waals surface area contributed by atoms with E-state index in [4.69, 9.17) is 5.73 Å². The molecule has 0 spiro atoms. The first-order chi connectivity index (χ1) is 9.11. The van der Waals surface area contributed by atoms with Crippen molar-refractivity contribution >= 4 is 0 Å². The van der Waals surface area contributed by atoms with Crippen molar-refractivity contribution in [1.29, 1.82) is 0 Å². The summed E-state index contributed by atoms with van der Waals surface area (Å²) in [5, 5.41) is 0. The van der Waals surface area contributed by atoms with Crippen molar-refractivity contribution in [3.05, 3.63) is 35.4 Å². The number of piperidine rings is 1. The van der Waals surface area contributed by atoms with Gasteiger partial charge in [0.25, 0.3) is 0 Å². The first kappa shape index (κ1) is 14.5. The Morgan fingerprint density at radius 3 is 2.21 bits per heavy atom. The van der Waals surface area contributed by atoms with Crippen LogP contribution in [0.15, 0.2) is 24.3 Å². The molecule has 2 nitrogen and oxygen atoms in total. The van der Waals surface area contributed by atoms with Crippen LogP contribution in [-0.4, -0.2) is 24.5 Å². The van der Waals surface area contributed by atoms with Gasteiger partial charge in [0.2, 0.25) is 0 Å². The smallest absolute Gasteiger partial charge is 0.0470 e. The van der Waals surface area contributed by atoms with E-state index in [9.17, 15) is 0 Å². The highest BCUT2D eigenvalue weighted by Gasteiger charge is 2.26. The van der Waals surface area contributed by atoms with Crippen LogP contribution in [0.4, 0.5) is 0 Å². The Balaban J connectivity index is 2.01. The second-order valence-corrected chi connectivity index (χ2v) is 6.28. The third kappa shape index (κ3) is 3.58. The van der Waals surface area contributed by atoms with Crippen LogP contribution in [-0.2, 0) is 0 Å². The van der Waals surface area contributed by atoms with Crippen molar-refractivity contribution in [1.82, 2.24) is 4.90 Å². The van der Waals surface area contributed by atoms with E-state index < -0.39 is 0 Å². The van der Waals surface area contributed by atoms with Gasteiger partial charge in [-0.1, -0.05) is 43.7 Å². The molecule has 0 bridgehead atoms. The van der Waals surface area contributed by atoms with Gasteiger partial charge >= 0.3 is 0 Å². The minimum Gasteiger partial charge on any atom is -0.329 e. The lowest BCUT2D eigenvalue weighted by Gasteiger charge is -2.38. The third-order valence-electron chi connectivity index (χ3n) is 4.64. The number of aryl methyl sites for hydroxylation is 1. The zero-order valence-corrected chi connectivity index (χ0v) is 12.6. The molecule has 106 valence electrons. The summed E-state index contributed by atoms with van der Waals surface area (Å²) in [7, 11) is 0. The molecule has 1 aliphatic heterocycles. The van der Waals surface area contributed by atoms with Crippen LogP contribution in [0, 0.1) is 18.8 Å². The number of hydrogen-bond donors (Lipinski definition) is 1. The molecule has 1 aromatic carbocycles. The normalized spacial score (nSPS) is 19.8. The van der Waals surface area contributed by atoms with Gasteiger partial charge < -0.3 is 5.73 Å². The minimum atomic E-state index is 0.397. The van der Waals surface area contributed by atoms with Gasteiger partial charge in [-0.15, -0.1) is 0 Å². The van der Waals surface area contributed by atoms with E-state index in [1.165, 1.54) is 37.1 Å². The lowest BCUT2D eigenvalue weighted by atomic mass is 9.86. The molecule has 1 aliphatic rings. The van der Waals surface area contributed by atoms with Crippen molar-refractivity contribution in [2.45, 2.75) is 39.7 Å². The van der Waals surface area contributed by atoms with Crippen molar-refractivity contribution < 1.29 is 0 Å². The summed E-state index contributed by atoms with van der Waals surface area (Å²) >= 11 is 0. The zero-order chi connectivity index (χ0) is 13.8.